The lowest BCUT2D eigenvalue weighted by molar-refractivity contribution is -0.144. The molecule has 3 fully saturated rings. The highest BCUT2D eigenvalue weighted by molar-refractivity contribution is 5.78. The van der Waals surface area contributed by atoms with E-state index in [4.69, 9.17) is 0 Å². The molecule has 3 aliphatic rings. The van der Waals surface area contributed by atoms with Gasteiger partial charge in [0.25, 0.3) is 0 Å². The van der Waals surface area contributed by atoms with Crippen LogP contribution in [-0.2, 0) is 4.79 Å². The minimum atomic E-state index is 0.356. The second kappa shape index (κ2) is 3.48. The van der Waals surface area contributed by atoms with Crippen LogP contribution in [0.4, 0.5) is 0 Å². The molecule has 0 aromatic rings. The third kappa shape index (κ3) is 1.57. The molecule has 15 heavy (non-hydrogen) atoms. The van der Waals surface area contributed by atoms with E-state index in [2.05, 4.69) is 10.2 Å². The highest BCUT2D eigenvalue weighted by Gasteiger charge is 2.44. The van der Waals surface area contributed by atoms with Gasteiger partial charge in [0, 0.05) is 13.0 Å². The summed E-state index contributed by atoms with van der Waals surface area (Å²) in [6.45, 7) is 2.08. The molecule has 0 aromatic carbocycles. The van der Waals surface area contributed by atoms with Crippen molar-refractivity contribution in [1.82, 2.24) is 10.2 Å². The molecule has 0 bridgehead atoms. The summed E-state index contributed by atoms with van der Waals surface area (Å²) in [5.41, 5.74) is 0.437. The Hall–Kier alpha value is -0.570. The van der Waals surface area contributed by atoms with E-state index in [9.17, 15) is 4.79 Å². The van der Waals surface area contributed by atoms with Crippen LogP contribution < -0.4 is 5.32 Å². The van der Waals surface area contributed by atoms with Crippen LogP contribution in [-0.4, -0.2) is 30.1 Å². The average molecular weight is 208 g/mol. The minimum absolute atomic E-state index is 0.356. The number of likely N-dealkylation sites (tertiary alicyclic amines) is 1. The molecule has 0 aromatic heterocycles. The van der Waals surface area contributed by atoms with Crippen LogP contribution in [0.2, 0.25) is 0 Å². The number of nitrogens with one attached hydrogen (secondary N) is 1. The number of hydrogen-bond acceptors (Lipinski definition) is 2. The second-order valence-electron chi connectivity index (χ2n) is 5.48. The first-order valence-corrected chi connectivity index (χ1v) is 6.32. The Bertz CT molecular complexity index is 267. The zero-order valence-corrected chi connectivity index (χ0v) is 9.30. The zero-order chi connectivity index (χ0) is 10.3. The van der Waals surface area contributed by atoms with E-state index in [1.807, 2.05) is 0 Å². The third-order valence-corrected chi connectivity index (χ3v) is 4.55. The summed E-state index contributed by atoms with van der Waals surface area (Å²) >= 11 is 0. The maximum atomic E-state index is 12.1. The topological polar surface area (TPSA) is 32.3 Å². The number of carbonyl (C=O) groups is 1. The van der Waals surface area contributed by atoms with Crippen molar-refractivity contribution < 1.29 is 4.79 Å². The molecule has 1 atom stereocenters. The van der Waals surface area contributed by atoms with Crippen LogP contribution in [0.1, 0.15) is 44.9 Å². The highest BCUT2D eigenvalue weighted by Crippen LogP contribution is 2.49. The van der Waals surface area contributed by atoms with Crippen molar-refractivity contribution in [2.45, 2.75) is 51.1 Å². The summed E-state index contributed by atoms with van der Waals surface area (Å²) < 4.78 is 0. The van der Waals surface area contributed by atoms with Gasteiger partial charge in [0.2, 0.25) is 5.91 Å². The van der Waals surface area contributed by atoms with E-state index in [0.29, 0.717) is 17.5 Å². The van der Waals surface area contributed by atoms with E-state index in [-0.39, 0.29) is 0 Å². The third-order valence-electron chi connectivity index (χ3n) is 4.55. The Kier molecular flexibility index (Phi) is 2.23. The normalized spacial score (nSPS) is 34.5. The number of nitrogens with zero attached hydrogens (tertiary/aromatic N) is 1. The lowest BCUT2D eigenvalue weighted by atomic mass is 9.63. The summed E-state index contributed by atoms with van der Waals surface area (Å²) in [6, 6.07) is 0. The molecule has 1 saturated carbocycles. The van der Waals surface area contributed by atoms with E-state index in [1.54, 1.807) is 0 Å². The summed E-state index contributed by atoms with van der Waals surface area (Å²) in [6.07, 6.45) is 8.74. The molecule has 1 amide bonds. The van der Waals surface area contributed by atoms with E-state index < -0.39 is 0 Å². The van der Waals surface area contributed by atoms with Gasteiger partial charge in [-0.15, -0.1) is 0 Å². The fraction of sp³-hybridized carbons (Fsp3) is 0.917. The second-order valence-corrected chi connectivity index (χ2v) is 5.48. The van der Waals surface area contributed by atoms with Gasteiger partial charge < -0.3 is 4.90 Å². The Morgan fingerprint density at radius 2 is 2.13 bits per heavy atom. The molecular weight excluding hydrogens is 188 g/mol. The smallest absolute Gasteiger partial charge is 0.224 e. The molecule has 3 rings (SSSR count). The Morgan fingerprint density at radius 1 is 1.27 bits per heavy atom. The molecule has 3 nitrogen and oxygen atoms in total. The highest BCUT2D eigenvalue weighted by atomic mass is 16.2. The van der Waals surface area contributed by atoms with Crippen molar-refractivity contribution in [3.8, 4) is 0 Å². The Balaban J connectivity index is 1.65. The zero-order valence-electron chi connectivity index (χ0n) is 9.30. The number of amides is 1. The Morgan fingerprint density at radius 3 is 2.67 bits per heavy atom. The molecule has 1 N–H and O–H groups in total. The van der Waals surface area contributed by atoms with Crippen molar-refractivity contribution in [2.24, 2.45) is 5.41 Å². The molecule has 3 heteroatoms. The fourth-order valence-electron chi connectivity index (χ4n) is 3.36. The van der Waals surface area contributed by atoms with E-state index >= 15 is 0 Å². The van der Waals surface area contributed by atoms with Gasteiger partial charge in [-0.25, -0.2) is 0 Å². The number of hydrogen-bond donors (Lipinski definition) is 1. The van der Waals surface area contributed by atoms with Crippen molar-refractivity contribution in [2.75, 3.05) is 13.1 Å². The molecule has 1 unspecified atom stereocenters. The van der Waals surface area contributed by atoms with Crippen molar-refractivity contribution in [3.63, 3.8) is 0 Å². The lowest BCUT2D eigenvalue weighted by Crippen LogP contribution is -2.53. The van der Waals surface area contributed by atoms with Gasteiger partial charge in [-0.2, -0.15) is 0 Å². The summed E-state index contributed by atoms with van der Waals surface area (Å²) in [4.78, 5) is 14.2. The summed E-state index contributed by atoms with van der Waals surface area (Å²) in [5, 5.41) is 3.43. The first-order chi connectivity index (χ1) is 7.29. The molecule has 2 saturated heterocycles. The van der Waals surface area contributed by atoms with Gasteiger partial charge in [-0.3, -0.25) is 10.1 Å². The minimum Gasteiger partial charge on any atom is -0.327 e. The SMILES string of the molecule is O=C1CC2(CCC2)CCN1C1CCCN1. The predicted molar refractivity (Wildman–Crippen MR) is 58.3 cm³/mol. The Labute approximate surface area is 91.2 Å². The van der Waals surface area contributed by atoms with Gasteiger partial charge >= 0.3 is 0 Å². The van der Waals surface area contributed by atoms with Crippen LogP contribution >= 0.6 is 0 Å². The van der Waals surface area contributed by atoms with Gasteiger partial charge in [0.05, 0.1) is 6.17 Å². The molecule has 1 aliphatic carbocycles. The van der Waals surface area contributed by atoms with Crippen LogP contribution in [0, 0.1) is 5.41 Å². The van der Waals surface area contributed by atoms with Crippen LogP contribution in [0.3, 0.4) is 0 Å². The lowest BCUT2D eigenvalue weighted by Gasteiger charge is -2.48. The first kappa shape index (κ1) is 9.64. The molecule has 1 spiro atoms. The number of rotatable bonds is 1. The van der Waals surface area contributed by atoms with Crippen LogP contribution in [0.25, 0.3) is 0 Å². The van der Waals surface area contributed by atoms with Gasteiger partial charge in [0.15, 0.2) is 0 Å². The van der Waals surface area contributed by atoms with Crippen molar-refractivity contribution in [3.05, 3.63) is 0 Å². The maximum Gasteiger partial charge on any atom is 0.224 e. The first-order valence-electron chi connectivity index (χ1n) is 6.32. The standard InChI is InChI=1S/C12H20N2O/c15-11-9-12(4-2-5-12)6-8-14(11)10-3-1-7-13-10/h10,13H,1-9H2. The number of carbonyl (C=O) groups excluding carboxylic acids is 1. The number of piperidine rings is 1. The van der Waals surface area contributed by atoms with Crippen molar-refractivity contribution in [1.29, 1.82) is 0 Å². The van der Waals surface area contributed by atoms with Gasteiger partial charge in [-0.1, -0.05) is 6.42 Å². The molecular formula is C12H20N2O. The van der Waals surface area contributed by atoms with Gasteiger partial charge in [0.1, 0.15) is 0 Å². The molecule has 0 radical (unpaired) electrons. The quantitative estimate of drug-likeness (QED) is 0.708. The fourth-order valence-corrected chi connectivity index (χ4v) is 3.36. The average Bonchev–Trinajstić information content (AvgIpc) is 2.68. The molecule has 2 heterocycles. The van der Waals surface area contributed by atoms with E-state index in [1.165, 1.54) is 32.1 Å². The predicted octanol–water partition coefficient (Wildman–Crippen LogP) is 1.49. The van der Waals surface area contributed by atoms with Crippen molar-refractivity contribution >= 4 is 5.91 Å². The monoisotopic (exact) mass is 208 g/mol. The van der Waals surface area contributed by atoms with Crippen LogP contribution in [0.15, 0.2) is 0 Å². The summed E-state index contributed by atoms with van der Waals surface area (Å²) in [7, 11) is 0. The van der Waals surface area contributed by atoms with E-state index in [0.717, 1.165) is 25.9 Å². The maximum absolute atomic E-state index is 12.1. The summed E-state index contributed by atoms with van der Waals surface area (Å²) in [5.74, 6) is 0.403. The largest absolute Gasteiger partial charge is 0.327 e. The molecule has 2 aliphatic heterocycles. The molecule has 84 valence electrons. The van der Waals surface area contributed by atoms with Crippen LogP contribution in [0.5, 0.6) is 0 Å². The van der Waals surface area contributed by atoms with Gasteiger partial charge in [-0.05, 0) is 44.1 Å².